The van der Waals surface area contributed by atoms with E-state index in [1.807, 2.05) is 11.8 Å². The van der Waals surface area contributed by atoms with Crippen LogP contribution in [0.2, 0.25) is 0 Å². The second-order valence-corrected chi connectivity index (χ2v) is 6.56. The van der Waals surface area contributed by atoms with Crippen LogP contribution in [0.25, 0.3) is 21.9 Å². The SMILES string of the molecule is CCn1cc(C(=O)O)c(=O)c2cc3cc(F)c(N4CCNCC4)cc3nc21.O.O.O. The van der Waals surface area contributed by atoms with Crippen molar-refractivity contribution >= 4 is 33.6 Å². The van der Waals surface area contributed by atoms with Crippen LogP contribution in [0.3, 0.4) is 0 Å². The molecule has 2 aromatic heterocycles. The summed E-state index contributed by atoms with van der Waals surface area (Å²) in [7, 11) is 0. The number of carboxylic acid groups (broad SMARTS) is 1. The number of aromatic nitrogens is 2. The lowest BCUT2D eigenvalue weighted by Crippen LogP contribution is -2.43. The first-order valence-electron chi connectivity index (χ1n) is 8.86. The summed E-state index contributed by atoms with van der Waals surface area (Å²) in [6.07, 6.45) is 1.31. The number of aryl methyl sites for hydroxylation is 1. The molecular formula is C19H25FN4O6. The molecule has 1 saturated heterocycles. The first-order valence-corrected chi connectivity index (χ1v) is 8.86. The first-order chi connectivity index (χ1) is 13.0. The van der Waals surface area contributed by atoms with Crippen molar-refractivity contribution in [1.82, 2.24) is 14.9 Å². The number of carbonyl (C=O) groups is 1. The number of pyridine rings is 2. The molecule has 30 heavy (non-hydrogen) atoms. The summed E-state index contributed by atoms with van der Waals surface area (Å²) >= 11 is 0. The number of nitrogens with zero attached hydrogens (tertiary/aromatic N) is 3. The van der Waals surface area contributed by atoms with Gasteiger partial charge in [-0.1, -0.05) is 0 Å². The monoisotopic (exact) mass is 424 g/mol. The van der Waals surface area contributed by atoms with Gasteiger partial charge in [-0.05, 0) is 25.1 Å². The van der Waals surface area contributed by atoms with E-state index in [-0.39, 0.29) is 33.2 Å². The number of anilines is 1. The number of piperazine rings is 1. The number of hydrogen-bond donors (Lipinski definition) is 2. The van der Waals surface area contributed by atoms with Gasteiger partial charge in [-0.3, -0.25) is 4.79 Å². The van der Waals surface area contributed by atoms with Crippen LogP contribution in [0.4, 0.5) is 10.1 Å². The molecule has 8 N–H and O–H groups in total. The van der Waals surface area contributed by atoms with Crippen molar-refractivity contribution in [2.75, 3.05) is 31.1 Å². The summed E-state index contributed by atoms with van der Waals surface area (Å²) in [5.74, 6) is -1.67. The molecule has 0 aliphatic carbocycles. The van der Waals surface area contributed by atoms with Crippen LogP contribution in [0.15, 0.2) is 29.2 Å². The van der Waals surface area contributed by atoms with E-state index in [0.717, 1.165) is 13.1 Å². The zero-order valence-electron chi connectivity index (χ0n) is 16.3. The van der Waals surface area contributed by atoms with E-state index in [9.17, 15) is 19.1 Å². The molecule has 0 spiro atoms. The highest BCUT2D eigenvalue weighted by molar-refractivity contribution is 5.96. The fourth-order valence-electron chi connectivity index (χ4n) is 3.52. The third-order valence-corrected chi connectivity index (χ3v) is 4.94. The highest BCUT2D eigenvalue weighted by Crippen LogP contribution is 2.27. The van der Waals surface area contributed by atoms with E-state index in [1.54, 1.807) is 10.6 Å². The number of rotatable bonds is 3. The second-order valence-electron chi connectivity index (χ2n) is 6.56. The van der Waals surface area contributed by atoms with Crippen molar-refractivity contribution in [3.05, 3.63) is 46.0 Å². The Kier molecular flexibility index (Phi) is 7.96. The van der Waals surface area contributed by atoms with Crippen LogP contribution < -0.4 is 15.6 Å². The maximum atomic E-state index is 14.7. The number of halogens is 1. The minimum Gasteiger partial charge on any atom is -0.477 e. The maximum absolute atomic E-state index is 14.7. The lowest BCUT2D eigenvalue weighted by atomic mass is 10.1. The quantitative estimate of drug-likeness (QED) is 0.526. The zero-order chi connectivity index (χ0) is 19.1. The van der Waals surface area contributed by atoms with E-state index in [4.69, 9.17) is 0 Å². The molecule has 4 rings (SSSR count). The Morgan fingerprint density at radius 3 is 2.47 bits per heavy atom. The minimum absolute atomic E-state index is 0. The highest BCUT2D eigenvalue weighted by atomic mass is 19.1. The lowest BCUT2D eigenvalue weighted by molar-refractivity contribution is 0.0695. The Balaban J connectivity index is 0.00000150. The molecule has 0 bridgehead atoms. The average Bonchev–Trinajstić information content (AvgIpc) is 2.67. The van der Waals surface area contributed by atoms with Gasteiger partial charge >= 0.3 is 5.97 Å². The zero-order valence-corrected chi connectivity index (χ0v) is 16.3. The van der Waals surface area contributed by atoms with Crippen molar-refractivity contribution in [2.24, 2.45) is 0 Å². The second kappa shape index (κ2) is 9.59. The van der Waals surface area contributed by atoms with Gasteiger partial charge in [0.1, 0.15) is 17.0 Å². The molecule has 0 atom stereocenters. The van der Waals surface area contributed by atoms with Gasteiger partial charge in [0.25, 0.3) is 0 Å². The van der Waals surface area contributed by atoms with Gasteiger partial charge in [0, 0.05) is 44.3 Å². The average molecular weight is 424 g/mol. The largest absolute Gasteiger partial charge is 0.477 e. The van der Waals surface area contributed by atoms with E-state index in [0.29, 0.717) is 41.9 Å². The standard InChI is InChI=1S/C19H19FN4O3.3H2O/c1-2-23-10-13(19(26)27)17(25)12-7-11-8-14(20)16(9-15(11)22-18(12)23)24-5-3-21-4-6-24;;;/h7-10,21H,2-6H2,1H3,(H,26,27);3*1H2. The van der Waals surface area contributed by atoms with Crippen LogP contribution in [-0.2, 0) is 6.54 Å². The van der Waals surface area contributed by atoms with E-state index < -0.39 is 11.4 Å². The Morgan fingerprint density at radius 2 is 1.87 bits per heavy atom. The number of carboxylic acids is 1. The smallest absolute Gasteiger partial charge is 0.341 e. The van der Waals surface area contributed by atoms with Crippen molar-refractivity contribution in [3.8, 4) is 0 Å². The number of nitrogens with one attached hydrogen (secondary N) is 1. The van der Waals surface area contributed by atoms with Crippen molar-refractivity contribution in [2.45, 2.75) is 13.5 Å². The Morgan fingerprint density at radius 1 is 1.20 bits per heavy atom. The molecule has 11 heteroatoms. The Hall–Kier alpha value is -3.12. The van der Waals surface area contributed by atoms with Gasteiger partial charge in [-0.15, -0.1) is 0 Å². The Bertz CT molecular complexity index is 1130. The predicted molar refractivity (Wildman–Crippen MR) is 112 cm³/mol. The van der Waals surface area contributed by atoms with E-state index >= 15 is 0 Å². The minimum atomic E-state index is -1.29. The topological polar surface area (TPSA) is 182 Å². The van der Waals surface area contributed by atoms with Gasteiger partial charge in [0.15, 0.2) is 0 Å². The van der Waals surface area contributed by atoms with Crippen LogP contribution in [0, 0.1) is 5.82 Å². The summed E-state index contributed by atoms with van der Waals surface area (Å²) in [5, 5.41) is 13.2. The maximum Gasteiger partial charge on any atom is 0.341 e. The van der Waals surface area contributed by atoms with Gasteiger partial charge in [-0.2, -0.15) is 0 Å². The number of fused-ring (bicyclic) bond motifs is 2. The highest BCUT2D eigenvalue weighted by Gasteiger charge is 2.19. The summed E-state index contributed by atoms with van der Waals surface area (Å²) in [6, 6.07) is 4.59. The molecular weight excluding hydrogens is 399 g/mol. The van der Waals surface area contributed by atoms with Crippen molar-refractivity contribution in [1.29, 1.82) is 0 Å². The molecule has 0 saturated carbocycles. The Labute approximate surface area is 170 Å². The van der Waals surface area contributed by atoms with E-state index in [1.165, 1.54) is 18.3 Å². The van der Waals surface area contributed by atoms with Gasteiger partial charge in [0.2, 0.25) is 5.43 Å². The van der Waals surface area contributed by atoms with Gasteiger partial charge in [0.05, 0.1) is 16.6 Å². The van der Waals surface area contributed by atoms with Crippen molar-refractivity contribution in [3.63, 3.8) is 0 Å². The fourth-order valence-corrected chi connectivity index (χ4v) is 3.52. The lowest BCUT2D eigenvalue weighted by Gasteiger charge is -2.29. The van der Waals surface area contributed by atoms with Crippen LogP contribution in [0.5, 0.6) is 0 Å². The molecule has 1 aliphatic heterocycles. The molecule has 1 fully saturated rings. The fraction of sp³-hybridized carbons (Fsp3) is 0.316. The molecule has 3 aromatic rings. The molecule has 0 amide bonds. The van der Waals surface area contributed by atoms with Crippen LogP contribution in [0.1, 0.15) is 17.3 Å². The summed E-state index contributed by atoms with van der Waals surface area (Å²) in [5.41, 5.74) is 0.537. The third kappa shape index (κ3) is 4.09. The normalized spacial score (nSPS) is 13.3. The molecule has 0 radical (unpaired) electrons. The molecule has 10 nitrogen and oxygen atoms in total. The van der Waals surface area contributed by atoms with Crippen LogP contribution >= 0.6 is 0 Å². The third-order valence-electron chi connectivity index (χ3n) is 4.94. The molecule has 3 heterocycles. The molecule has 1 aromatic carbocycles. The van der Waals surface area contributed by atoms with Crippen molar-refractivity contribution < 1.29 is 30.7 Å². The van der Waals surface area contributed by atoms with Crippen LogP contribution in [-0.4, -0.2) is 63.2 Å². The van der Waals surface area contributed by atoms with E-state index in [2.05, 4.69) is 10.3 Å². The molecule has 0 unspecified atom stereocenters. The number of aromatic carboxylic acids is 1. The summed E-state index contributed by atoms with van der Waals surface area (Å²) in [4.78, 5) is 30.4. The first kappa shape index (κ1) is 24.9. The molecule has 164 valence electrons. The summed E-state index contributed by atoms with van der Waals surface area (Å²) in [6.45, 7) is 5.29. The predicted octanol–water partition coefficient (Wildman–Crippen LogP) is -0.658. The van der Waals surface area contributed by atoms with Gasteiger partial charge < -0.3 is 36.3 Å². The van der Waals surface area contributed by atoms with Gasteiger partial charge in [-0.25, -0.2) is 14.2 Å². The number of hydrogen-bond acceptors (Lipinski definition) is 5. The summed E-state index contributed by atoms with van der Waals surface area (Å²) < 4.78 is 16.3. The number of benzene rings is 1. The molecule has 1 aliphatic rings.